The van der Waals surface area contributed by atoms with Crippen LogP contribution in [0.25, 0.3) is 11.4 Å². The monoisotopic (exact) mass is 260 g/mol. The van der Waals surface area contributed by atoms with Gasteiger partial charge in [0.05, 0.1) is 0 Å². The van der Waals surface area contributed by atoms with Crippen molar-refractivity contribution in [3.8, 4) is 11.4 Å². The molecule has 1 atom stereocenters. The lowest BCUT2D eigenvalue weighted by Crippen LogP contribution is -2.28. The summed E-state index contributed by atoms with van der Waals surface area (Å²) in [5.74, 6) is 0.793. The van der Waals surface area contributed by atoms with Crippen LogP contribution < -0.4 is 5.32 Å². The topological polar surface area (TPSA) is 84.1 Å². The van der Waals surface area contributed by atoms with Crippen LogP contribution in [-0.4, -0.2) is 33.3 Å². The molecule has 1 aliphatic heterocycles. The number of hydrogen-bond donors (Lipinski definition) is 2. The van der Waals surface area contributed by atoms with Crippen molar-refractivity contribution in [2.75, 3.05) is 13.1 Å². The van der Waals surface area contributed by atoms with E-state index in [9.17, 15) is 5.11 Å². The maximum absolute atomic E-state index is 10.4. The Kier molecular flexibility index (Phi) is 3.04. The summed E-state index contributed by atoms with van der Waals surface area (Å²) in [7, 11) is 0. The largest absolute Gasteiger partial charge is 0.379 e. The van der Waals surface area contributed by atoms with Crippen LogP contribution in [0, 0.1) is 0 Å². The molecule has 19 heavy (non-hydrogen) atoms. The molecule has 1 fully saturated rings. The Morgan fingerprint density at radius 1 is 1.53 bits per heavy atom. The Morgan fingerprint density at radius 2 is 2.42 bits per heavy atom. The van der Waals surface area contributed by atoms with Crippen LogP contribution in [0.15, 0.2) is 23.0 Å². The van der Waals surface area contributed by atoms with Gasteiger partial charge in [-0.05, 0) is 31.0 Å². The molecule has 0 aromatic carbocycles. The zero-order valence-corrected chi connectivity index (χ0v) is 10.8. The molecule has 2 N–H and O–H groups in total. The summed E-state index contributed by atoms with van der Waals surface area (Å²) in [6, 6.07) is 1.87. The number of nitrogens with one attached hydrogen (secondary N) is 1. The Bertz CT molecular complexity index is 576. The number of hydrogen-bond acceptors (Lipinski definition) is 6. The maximum Gasteiger partial charge on any atom is 0.260 e. The normalized spacial score (nSPS) is 22.8. The predicted octanol–water partition coefficient (Wildman–Crippen LogP) is 0.875. The summed E-state index contributed by atoms with van der Waals surface area (Å²) in [6.45, 7) is 3.26. The van der Waals surface area contributed by atoms with Gasteiger partial charge in [-0.25, -0.2) is 0 Å². The highest BCUT2D eigenvalue weighted by atomic mass is 16.5. The van der Waals surface area contributed by atoms with Crippen molar-refractivity contribution in [3.05, 3.63) is 29.9 Å². The van der Waals surface area contributed by atoms with E-state index in [2.05, 4.69) is 27.4 Å². The van der Waals surface area contributed by atoms with E-state index >= 15 is 0 Å². The molecular weight excluding hydrogens is 244 g/mol. The van der Waals surface area contributed by atoms with E-state index in [1.807, 2.05) is 6.07 Å². The number of nitrogens with zero attached hydrogens (tertiary/aromatic N) is 3. The van der Waals surface area contributed by atoms with Crippen LogP contribution in [0.2, 0.25) is 0 Å². The quantitative estimate of drug-likeness (QED) is 0.852. The standard InChI is InChI=1S/C13H16N4O2/c1-2-9-7-14-5-3-10(9)11-16-12(19-17-11)13(18)4-6-15-8-13/h3,5,7,15,18H,2,4,6,8H2,1H3. The predicted molar refractivity (Wildman–Crippen MR) is 68.3 cm³/mol. The fraction of sp³-hybridized carbons (Fsp3) is 0.462. The van der Waals surface area contributed by atoms with Crippen LogP contribution >= 0.6 is 0 Å². The van der Waals surface area contributed by atoms with Gasteiger partial charge in [-0.2, -0.15) is 4.98 Å². The van der Waals surface area contributed by atoms with E-state index < -0.39 is 5.60 Å². The van der Waals surface area contributed by atoms with Crippen LogP contribution in [0.3, 0.4) is 0 Å². The van der Waals surface area contributed by atoms with Gasteiger partial charge in [-0.1, -0.05) is 12.1 Å². The van der Waals surface area contributed by atoms with Crippen LogP contribution in [0.5, 0.6) is 0 Å². The molecule has 3 heterocycles. The number of aromatic nitrogens is 3. The van der Waals surface area contributed by atoms with E-state index in [-0.39, 0.29) is 5.89 Å². The van der Waals surface area contributed by atoms with Crippen molar-refractivity contribution in [1.29, 1.82) is 0 Å². The summed E-state index contributed by atoms with van der Waals surface area (Å²) >= 11 is 0. The first-order valence-corrected chi connectivity index (χ1v) is 6.43. The first-order chi connectivity index (χ1) is 9.23. The van der Waals surface area contributed by atoms with Gasteiger partial charge in [0.25, 0.3) is 5.89 Å². The summed E-state index contributed by atoms with van der Waals surface area (Å²) in [5.41, 5.74) is 0.929. The minimum absolute atomic E-state index is 0.284. The molecule has 1 saturated heterocycles. The second-order valence-electron chi connectivity index (χ2n) is 4.77. The summed E-state index contributed by atoms with van der Waals surface area (Å²) in [4.78, 5) is 8.44. The third kappa shape index (κ3) is 2.13. The third-order valence-corrected chi connectivity index (χ3v) is 3.48. The first kappa shape index (κ1) is 12.3. The molecule has 0 spiro atoms. The minimum Gasteiger partial charge on any atom is -0.379 e. The molecule has 1 unspecified atom stereocenters. The van der Waals surface area contributed by atoms with Gasteiger partial charge >= 0.3 is 0 Å². The van der Waals surface area contributed by atoms with Gasteiger partial charge in [0, 0.05) is 24.5 Å². The first-order valence-electron chi connectivity index (χ1n) is 6.43. The van der Waals surface area contributed by atoms with Crippen LogP contribution in [-0.2, 0) is 12.0 Å². The molecule has 6 heteroatoms. The molecule has 0 saturated carbocycles. The Morgan fingerprint density at radius 3 is 3.16 bits per heavy atom. The van der Waals surface area contributed by atoms with E-state index in [0.29, 0.717) is 18.8 Å². The van der Waals surface area contributed by atoms with E-state index in [0.717, 1.165) is 24.1 Å². The number of aliphatic hydroxyl groups is 1. The Balaban J connectivity index is 1.97. The van der Waals surface area contributed by atoms with E-state index in [1.165, 1.54) is 0 Å². The second-order valence-corrected chi connectivity index (χ2v) is 4.77. The molecule has 1 aliphatic rings. The molecule has 0 bridgehead atoms. The van der Waals surface area contributed by atoms with Gasteiger partial charge in [-0.3, -0.25) is 4.98 Å². The minimum atomic E-state index is -1.04. The van der Waals surface area contributed by atoms with Crippen molar-refractivity contribution in [2.24, 2.45) is 0 Å². The summed E-state index contributed by atoms with van der Waals surface area (Å²) in [5, 5.41) is 17.5. The van der Waals surface area contributed by atoms with E-state index in [4.69, 9.17) is 4.52 Å². The van der Waals surface area contributed by atoms with Crippen molar-refractivity contribution in [3.63, 3.8) is 0 Å². The number of rotatable bonds is 3. The number of pyridine rings is 1. The lowest BCUT2D eigenvalue weighted by atomic mass is 10.0. The molecule has 0 amide bonds. The average Bonchev–Trinajstić information content (AvgIpc) is 3.08. The zero-order valence-electron chi connectivity index (χ0n) is 10.8. The Hall–Kier alpha value is -1.79. The average molecular weight is 260 g/mol. The molecule has 0 aliphatic carbocycles. The lowest BCUT2D eigenvalue weighted by Gasteiger charge is -2.14. The highest BCUT2D eigenvalue weighted by Crippen LogP contribution is 2.28. The van der Waals surface area contributed by atoms with Gasteiger partial charge in [0.2, 0.25) is 5.82 Å². The fourth-order valence-corrected chi connectivity index (χ4v) is 2.31. The van der Waals surface area contributed by atoms with Crippen molar-refractivity contribution < 1.29 is 9.63 Å². The van der Waals surface area contributed by atoms with Crippen molar-refractivity contribution >= 4 is 0 Å². The van der Waals surface area contributed by atoms with Crippen molar-refractivity contribution in [1.82, 2.24) is 20.4 Å². The smallest absolute Gasteiger partial charge is 0.260 e. The second kappa shape index (κ2) is 4.71. The molecule has 2 aromatic rings. The third-order valence-electron chi connectivity index (χ3n) is 3.48. The maximum atomic E-state index is 10.4. The SMILES string of the molecule is CCc1cnccc1-c1noc(C2(O)CCNC2)n1. The number of aryl methyl sites for hydroxylation is 1. The van der Waals surface area contributed by atoms with Gasteiger partial charge in [0.1, 0.15) is 0 Å². The van der Waals surface area contributed by atoms with Crippen LogP contribution in [0.1, 0.15) is 24.8 Å². The summed E-state index contributed by atoms with van der Waals surface area (Å²) in [6.07, 6.45) is 4.94. The molecule has 6 nitrogen and oxygen atoms in total. The zero-order chi connectivity index (χ0) is 13.3. The highest BCUT2D eigenvalue weighted by Gasteiger charge is 2.38. The van der Waals surface area contributed by atoms with Crippen LogP contribution in [0.4, 0.5) is 0 Å². The van der Waals surface area contributed by atoms with Gasteiger partial charge < -0.3 is 14.9 Å². The molecule has 3 rings (SSSR count). The molecule has 2 aromatic heterocycles. The number of β-amino-alcohol motifs (C(OH)–C–C–N with tert-alkyl or cyclic N) is 1. The lowest BCUT2D eigenvalue weighted by molar-refractivity contribution is 0.0243. The highest BCUT2D eigenvalue weighted by molar-refractivity contribution is 5.58. The molecular formula is C13H16N4O2. The summed E-state index contributed by atoms with van der Waals surface area (Å²) < 4.78 is 5.23. The van der Waals surface area contributed by atoms with E-state index in [1.54, 1.807) is 12.4 Å². The Labute approximate surface area is 110 Å². The molecule has 100 valence electrons. The molecule has 0 radical (unpaired) electrons. The fourth-order valence-electron chi connectivity index (χ4n) is 2.31. The van der Waals surface area contributed by atoms with Crippen molar-refractivity contribution in [2.45, 2.75) is 25.4 Å². The van der Waals surface area contributed by atoms with Gasteiger partial charge in [-0.15, -0.1) is 0 Å². The van der Waals surface area contributed by atoms with Gasteiger partial charge in [0.15, 0.2) is 5.60 Å².